The minimum absolute atomic E-state index is 0.00410. The maximum absolute atomic E-state index is 12.1. The number of hydrogen-bond acceptors (Lipinski definition) is 4. The van der Waals surface area contributed by atoms with E-state index in [1.807, 2.05) is 28.5 Å². The molecule has 5 nitrogen and oxygen atoms in total. The molecule has 1 aliphatic rings. The lowest BCUT2D eigenvalue weighted by atomic mass is 10.3. The number of amides is 1. The third kappa shape index (κ3) is 4.47. The summed E-state index contributed by atoms with van der Waals surface area (Å²) >= 11 is 1.59. The monoisotopic (exact) mass is 294 g/mol. The summed E-state index contributed by atoms with van der Waals surface area (Å²) < 4.78 is 0. The number of aliphatic carboxylic acids is 1. The summed E-state index contributed by atoms with van der Waals surface area (Å²) in [5, 5.41) is 10.8. The van der Waals surface area contributed by atoms with Gasteiger partial charge in [-0.3, -0.25) is 14.5 Å². The summed E-state index contributed by atoms with van der Waals surface area (Å²) in [6.07, 6.45) is 4.23. The molecular weight excluding hydrogens is 276 g/mol. The van der Waals surface area contributed by atoms with E-state index in [4.69, 9.17) is 5.11 Å². The summed E-state index contributed by atoms with van der Waals surface area (Å²) in [5.74, 6) is -0.821. The number of thiophene rings is 1. The van der Waals surface area contributed by atoms with Gasteiger partial charge in [-0.05, 0) is 23.9 Å². The third-order valence-corrected chi connectivity index (χ3v) is 4.03. The zero-order chi connectivity index (χ0) is 14.4. The van der Waals surface area contributed by atoms with E-state index in [-0.39, 0.29) is 12.5 Å². The van der Waals surface area contributed by atoms with Crippen molar-refractivity contribution < 1.29 is 14.7 Å². The van der Waals surface area contributed by atoms with Crippen molar-refractivity contribution in [3.05, 3.63) is 28.5 Å². The molecule has 1 aliphatic heterocycles. The molecule has 1 N–H and O–H groups in total. The maximum atomic E-state index is 12.1. The quantitative estimate of drug-likeness (QED) is 0.852. The number of carbonyl (C=O) groups excluding carboxylic acids is 1. The lowest BCUT2D eigenvalue weighted by molar-refractivity contribution is -0.138. The van der Waals surface area contributed by atoms with Gasteiger partial charge in [0.15, 0.2) is 0 Å². The highest BCUT2D eigenvalue weighted by Gasteiger charge is 2.18. The molecule has 0 atom stereocenters. The zero-order valence-electron chi connectivity index (χ0n) is 11.2. The lowest BCUT2D eigenvalue weighted by Gasteiger charge is -2.19. The molecule has 2 rings (SSSR count). The second-order valence-electron chi connectivity index (χ2n) is 4.70. The van der Waals surface area contributed by atoms with E-state index >= 15 is 0 Å². The Hall–Kier alpha value is -1.66. The fraction of sp³-hybridized carbons (Fsp3) is 0.429. The topological polar surface area (TPSA) is 60.9 Å². The fourth-order valence-corrected chi connectivity index (χ4v) is 2.80. The largest absolute Gasteiger partial charge is 0.480 e. The minimum Gasteiger partial charge on any atom is -0.480 e. The molecule has 2 heterocycles. The van der Waals surface area contributed by atoms with Gasteiger partial charge in [0.05, 0.1) is 6.54 Å². The number of carboxylic acid groups (broad SMARTS) is 1. The van der Waals surface area contributed by atoms with Crippen molar-refractivity contribution >= 4 is 29.3 Å². The van der Waals surface area contributed by atoms with Crippen LogP contribution in [-0.4, -0.2) is 59.5 Å². The van der Waals surface area contributed by atoms with Crippen LogP contribution in [0.1, 0.15) is 11.3 Å². The van der Waals surface area contributed by atoms with Crippen molar-refractivity contribution in [2.45, 2.75) is 6.42 Å². The van der Waals surface area contributed by atoms with Crippen LogP contribution in [0.25, 0.3) is 6.08 Å². The Morgan fingerprint density at radius 1 is 1.30 bits per heavy atom. The van der Waals surface area contributed by atoms with Gasteiger partial charge in [0.1, 0.15) is 0 Å². The van der Waals surface area contributed by atoms with E-state index in [0.29, 0.717) is 19.6 Å². The molecule has 0 unspecified atom stereocenters. The summed E-state index contributed by atoms with van der Waals surface area (Å²) in [5.41, 5.74) is 0. The van der Waals surface area contributed by atoms with Crippen LogP contribution in [0.15, 0.2) is 23.6 Å². The van der Waals surface area contributed by atoms with Gasteiger partial charge in [-0.25, -0.2) is 0 Å². The Bertz CT molecular complexity index is 485. The molecule has 6 heteroatoms. The summed E-state index contributed by atoms with van der Waals surface area (Å²) in [6, 6.07) is 3.91. The number of carboxylic acids is 1. The van der Waals surface area contributed by atoms with Crippen molar-refractivity contribution in [1.82, 2.24) is 9.80 Å². The predicted octanol–water partition coefficient (Wildman–Crippen LogP) is 1.38. The molecule has 20 heavy (non-hydrogen) atoms. The number of nitrogens with zero attached hydrogens (tertiary/aromatic N) is 2. The minimum atomic E-state index is -0.817. The van der Waals surface area contributed by atoms with Crippen LogP contribution in [0.5, 0.6) is 0 Å². The van der Waals surface area contributed by atoms with Crippen molar-refractivity contribution in [2.75, 3.05) is 32.7 Å². The van der Waals surface area contributed by atoms with E-state index in [0.717, 1.165) is 17.8 Å². The highest BCUT2D eigenvalue weighted by molar-refractivity contribution is 7.10. The Labute approximate surface area is 122 Å². The highest BCUT2D eigenvalue weighted by atomic mass is 32.1. The van der Waals surface area contributed by atoms with Crippen LogP contribution in [-0.2, 0) is 9.59 Å². The average molecular weight is 294 g/mol. The molecule has 0 saturated carbocycles. The smallest absolute Gasteiger partial charge is 0.317 e. The molecule has 1 aromatic rings. The van der Waals surface area contributed by atoms with Gasteiger partial charge in [0, 0.05) is 37.1 Å². The summed E-state index contributed by atoms with van der Waals surface area (Å²) in [4.78, 5) is 27.5. The second kappa shape index (κ2) is 7.21. The van der Waals surface area contributed by atoms with Gasteiger partial charge in [-0.15, -0.1) is 11.3 Å². The van der Waals surface area contributed by atoms with Gasteiger partial charge in [0.2, 0.25) is 5.91 Å². The Morgan fingerprint density at radius 2 is 2.15 bits per heavy atom. The molecule has 0 spiro atoms. The first-order valence-corrected chi connectivity index (χ1v) is 7.48. The first-order valence-electron chi connectivity index (χ1n) is 6.60. The Kier molecular flexibility index (Phi) is 5.31. The molecule has 0 aliphatic carbocycles. The summed E-state index contributed by atoms with van der Waals surface area (Å²) in [6.45, 7) is 2.66. The summed E-state index contributed by atoms with van der Waals surface area (Å²) in [7, 11) is 0. The second-order valence-corrected chi connectivity index (χ2v) is 5.68. The first kappa shape index (κ1) is 14.7. The predicted molar refractivity (Wildman–Crippen MR) is 78.6 cm³/mol. The van der Waals surface area contributed by atoms with E-state index in [1.54, 1.807) is 22.3 Å². The number of rotatable bonds is 4. The van der Waals surface area contributed by atoms with E-state index < -0.39 is 5.97 Å². The van der Waals surface area contributed by atoms with Crippen LogP contribution in [0, 0.1) is 0 Å². The van der Waals surface area contributed by atoms with E-state index in [1.165, 1.54) is 0 Å². The zero-order valence-corrected chi connectivity index (χ0v) is 12.0. The van der Waals surface area contributed by atoms with E-state index in [2.05, 4.69) is 0 Å². The lowest BCUT2D eigenvalue weighted by Crippen LogP contribution is -2.36. The molecule has 0 aromatic carbocycles. The van der Waals surface area contributed by atoms with Gasteiger partial charge < -0.3 is 10.0 Å². The average Bonchev–Trinajstić information content (AvgIpc) is 2.82. The van der Waals surface area contributed by atoms with Crippen LogP contribution in [0.2, 0.25) is 0 Å². The van der Waals surface area contributed by atoms with Gasteiger partial charge in [-0.2, -0.15) is 0 Å². The molecule has 0 radical (unpaired) electrons. The standard InChI is InChI=1S/C14H18N2O3S/c17-13(5-4-12-3-1-10-20-12)16-7-2-6-15(8-9-16)11-14(18)19/h1,3-5,10H,2,6-9,11H2,(H,18,19). The van der Waals surface area contributed by atoms with Crippen LogP contribution < -0.4 is 0 Å². The third-order valence-electron chi connectivity index (χ3n) is 3.19. The normalized spacial score (nSPS) is 17.3. The molecule has 1 amide bonds. The number of carbonyl (C=O) groups is 2. The molecule has 0 bridgehead atoms. The van der Waals surface area contributed by atoms with Crippen molar-refractivity contribution in [2.24, 2.45) is 0 Å². The van der Waals surface area contributed by atoms with Crippen molar-refractivity contribution in [3.63, 3.8) is 0 Å². The van der Waals surface area contributed by atoms with Crippen molar-refractivity contribution in [3.8, 4) is 0 Å². The molecular formula is C14H18N2O3S. The van der Waals surface area contributed by atoms with E-state index in [9.17, 15) is 9.59 Å². The Balaban J connectivity index is 1.86. The first-order chi connectivity index (χ1) is 9.65. The number of hydrogen-bond donors (Lipinski definition) is 1. The van der Waals surface area contributed by atoms with Crippen molar-refractivity contribution in [1.29, 1.82) is 0 Å². The van der Waals surface area contributed by atoms with Crippen LogP contribution >= 0.6 is 11.3 Å². The molecule has 1 fully saturated rings. The molecule has 108 valence electrons. The maximum Gasteiger partial charge on any atom is 0.317 e. The SMILES string of the molecule is O=C(O)CN1CCCN(C(=O)C=Cc2cccs2)CC1. The van der Waals surface area contributed by atoms with Crippen LogP contribution in [0.3, 0.4) is 0 Å². The molecule has 1 aromatic heterocycles. The molecule has 1 saturated heterocycles. The van der Waals surface area contributed by atoms with Crippen LogP contribution in [0.4, 0.5) is 0 Å². The highest BCUT2D eigenvalue weighted by Crippen LogP contribution is 2.11. The van der Waals surface area contributed by atoms with Gasteiger partial charge in [-0.1, -0.05) is 6.07 Å². The fourth-order valence-electron chi connectivity index (χ4n) is 2.19. The van der Waals surface area contributed by atoms with Gasteiger partial charge >= 0.3 is 5.97 Å². The van der Waals surface area contributed by atoms with Gasteiger partial charge in [0.25, 0.3) is 0 Å². The Morgan fingerprint density at radius 3 is 2.85 bits per heavy atom.